The van der Waals surface area contributed by atoms with E-state index in [0.29, 0.717) is 16.5 Å². The first-order chi connectivity index (χ1) is 17.0. The number of carboxylic acids is 1. The maximum absolute atomic E-state index is 10.9. The van der Waals surface area contributed by atoms with Crippen molar-refractivity contribution >= 4 is 56.3 Å². The number of nitriles is 1. The molecule has 1 fully saturated rings. The number of rotatable bonds is 6. The van der Waals surface area contributed by atoms with Crippen LogP contribution in [0.4, 0.5) is 0 Å². The molecule has 4 nitrogen and oxygen atoms in total. The summed E-state index contributed by atoms with van der Waals surface area (Å²) in [6.45, 7) is 0. The molecule has 0 bridgehead atoms. The molecule has 0 atom stereocenters. The summed E-state index contributed by atoms with van der Waals surface area (Å²) < 4.78 is 1.13. The van der Waals surface area contributed by atoms with Gasteiger partial charge in [0, 0.05) is 11.1 Å². The molecule has 5 rings (SSSR count). The van der Waals surface area contributed by atoms with E-state index in [9.17, 15) is 10.1 Å². The Hall–Kier alpha value is -3.72. The molecule has 35 heavy (non-hydrogen) atoms. The molecule has 172 valence electrons. The minimum absolute atomic E-state index is 0.355. The van der Waals surface area contributed by atoms with E-state index in [2.05, 4.69) is 29.3 Å². The number of hydrogen-bond acceptors (Lipinski definition) is 4. The average Bonchev–Trinajstić information content (AvgIpc) is 3.30. The lowest BCUT2D eigenvalue weighted by atomic mass is 9.73. The minimum atomic E-state index is -0.978. The second kappa shape index (κ2) is 9.87. The Balaban J connectivity index is 1.75. The lowest BCUT2D eigenvalue weighted by Gasteiger charge is -2.32. The van der Waals surface area contributed by atoms with Gasteiger partial charge in [-0.3, -0.25) is 0 Å². The van der Waals surface area contributed by atoms with Crippen LogP contribution < -0.4 is 0 Å². The molecule has 0 saturated heterocycles. The third kappa shape index (κ3) is 4.77. The smallest absolute Gasteiger partial charge is 0.328 e. The molecule has 1 aromatic heterocycles. The van der Waals surface area contributed by atoms with E-state index in [4.69, 9.17) is 16.7 Å². The molecule has 6 heteroatoms. The third-order valence-electron chi connectivity index (χ3n) is 6.41. The van der Waals surface area contributed by atoms with Gasteiger partial charge in [0.05, 0.1) is 27.4 Å². The summed E-state index contributed by atoms with van der Waals surface area (Å²) in [5.41, 5.74) is 9.43. The Kier molecular flexibility index (Phi) is 6.50. The number of aromatic nitrogens is 1. The molecule has 0 unspecified atom stereocenters. The first kappa shape index (κ1) is 23.0. The van der Waals surface area contributed by atoms with E-state index < -0.39 is 5.97 Å². The summed E-state index contributed by atoms with van der Waals surface area (Å²) in [5.74, 6) is -0.623. The topological polar surface area (TPSA) is 74.0 Å². The Labute approximate surface area is 212 Å². The standard InChI is InChI=1S/C29H21ClN2O2S/c30-24-14-19(16-31)6-11-23(24)29(20-2-1-3-20)28(22-10-12-26-25(15-22)32-17-35-26)21-8-4-18(5-9-21)7-13-27(33)34/h4-15,17,20H,1-3H2,(H,33,34). The van der Waals surface area contributed by atoms with Crippen LogP contribution >= 0.6 is 22.9 Å². The summed E-state index contributed by atoms with van der Waals surface area (Å²) in [6, 6.07) is 21.9. The van der Waals surface area contributed by atoms with Crippen molar-refractivity contribution in [3.8, 4) is 6.07 Å². The number of nitrogens with zero attached hydrogens (tertiary/aromatic N) is 2. The average molecular weight is 497 g/mol. The maximum Gasteiger partial charge on any atom is 0.328 e. The van der Waals surface area contributed by atoms with E-state index in [1.165, 1.54) is 12.0 Å². The van der Waals surface area contributed by atoms with Gasteiger partial charge in [-0.2, -0.15) is 5.26 Å². The van der Waals surface area contributed by atoms with Gasteiger partial charge in [0.1, 0.15) is 0 Å². The number of aliphatic carboxylic acids is 1. The molecule has 1 aliphatic rings. The Morgan fingerprint density at radius 3 is 2.51 bits per heavy atom. The van der Waals surface area contributed by atoms with Crippen LogP contribution in [0.1, 0.15) is 47.1 Å². The highest BCUT2D eigenvalue weighted by atomic mass is 35.5. The molecule has 1 heterocycles. The van der Waals surface area contributed by atoms with Gasteiger partial charge in [-0.05, 0) is 82.5 Å². The second-order valence-electron chi connectivity index (χ2n) is 8.55. The number of allylic oxidation sites excluding steroid dienone is 1. The molecular formula is C29H21ClN2O2S. The van der Waals surface area contributed by atoms with Crippen LogP contribution in [0.15, 0.2) is 72.3 Å². The molecule has 3 aromatic carbocycles. The van der Waals surface area contributed by atoms with Crippen LogP contribution in [0, 0.1) is 17.2 Å². The largest absolute Gasteiger partial charge is 0.478 e. The number of hydrogen-bond donors (Lipinski definition) is 1. The van der Waals surface area contributed by atoms with Crippen molar-refractivity contribution in [3.05, 3.63) is 105 Å². The molecule has 1 N–H and O–H groups in total. The minimum Gasteiger partial charge on any atom is -0.478 e. The highest BCUT2D eigenvalue weighted by molar-refractivity contribution is 7.16. The molecule has 0 aliphatic heterocycles. The van der Waals surface area contributed by atoms with Gasteiger partial charge in [0.25, 0.3) is 0 Å². The summed E-state index contributed by atoms with van der Waals surface area (Å²) in [5, 5.41) is 18.9. The molecule has 0 amide bonds. The van der Waals surface area contributed by atoms with Crippen molar-refractivity contribution in [1.82, 2.24) is 4.98 Å². The molecule has 0 spiro atoms. The second-order valence-corrected chi connectivity index (χ2v) is 9.84. The zero-order chi connectivity index (χ0) is 24.4. The number of halogens is 1. The zero-order valence-electron chi connectivity index (χ0n) is 18.7. The predicted molar refractivity (Wildman–Crippen MR) is 142 cm³/mol. The summed E-state index contributed by atoms with van der Waals surface area (Å²) in [6.07, 6.45) is 6.04. The van der Waals surface area contributed by atoms with Gasteiger partial charge in [-0.1, -0.05) is 54.4 Å². The van der Waals surface area contributed by atoms with Crippen molar-refractivity contribution in [1.29, 1.82) is 5.26 Å². The van der Waals surface area contributed by atoms with Gasteiger partial charge >= 0.3 is 5.97 Å². The number of benzene rings is 3. The van der Waals surface area contributed by atoms with Gasteiger partial charge in [-0.15, -0.1) is 11.3 Å². The quantitative estimate of drug-likeness (QED) is 0.219. The fourth-order valence-corrected chi connectivity index (χ4v) is 5.42. The molecule has 0 radical (unpaired) electrons. The van der Waals surface area contributed by atoms with Crippen molar-refractivity contribution in [2.75, 3.05) is 0 Å². The van der Waals surface area contributed by atoms with E-state index >= 15 is 0 Å². The number of fused-ring (bicyclic) bond motifs is 1. The monoisotopic (exact) mass is 496 g/mol. The van der Waals surface area contributed by atoms with Crippen LogP contribution in [0.3, 0.4) is 0 Å². The maximum atomic E-state index is 10.9. The van der Waals surface area contributed by atoms with Gasteiger partial charge < -0.3 is 5.11 Å². The third-order valence-corrected chi connectivity index (χ3v) is 7.53. The van der Waals surface area contributed by atoms with Crippen molar-refractivity contribution in [2.24, 2.45) is 5.92 Å². The summed E-state index contributed by atoms with van der Waals surface area (Å²) in [7, 11) is 0. The summed E-state index contributed by atoms with van der Waals surface area (Å²) in [4.78, 5) is 15.5. The number of thiazole rings is 1. The number of carboxylic acid groups (broad SMARTS) is 1. The Morgan fingerprint density at radius 2 is 1.86 bits per heavy atom. The van der Waals surface area contributed by atoms with Crippen molar-refractivity contribution in [2.45, 2.75) is 19.3 Å². The van der Waals surface area contributed by atoms with Crippen LogP contribution in [-0.4, -0.2) is 16.1 Å². The predicted octanol–water partition coefficient (Wildman–Crippen LogP) is 7.68. The Morgan fingerprint density at radius 1 is 1.09 bits per heavy atom. The van der Waals surface area contributed by atoms with Gasteiger partial charge in [0.15, 0.2) is 0 Å². The lowest BCUT2D eigenvalue weighted by molar-refractivity contribution is -0.131. The molecule has 4 aromatic rings. The van der Waals surface area contributed by atoms with E-state index in [-0.39, 0.29) is 0 Å². The fraction of sp³-hybridized carbons (Fsp3) is 0.138. The van der Waals surface area contributed by atoms with Crippen molar-refractivity contribution < 1.29 is 9.90 Å². The highest BCUT2D eigenvalue weighted by Gasteiger charge is 2.28. The number of carbonyl (C=O) groups is 1. The first-order valence-electron chi connectivity index (χ1n) is 11.3. The fourth-order valence-electron chi connectivity index (χ4n) is 4.48. The van der Waals surface area contributed by atoms with Crippen LogP contribution in [0.2, 0.25) is 5.02 Å². The summed E-state index contributed by atoms with van der Waals surface area (Å²) >= 11 is 8.37. The lowest BCUT2D eigenvalue weighted by Crippen LogP contribution is -2.15. The van der Waals surface area contributed by atoms with Crippen LogP contribution in [0.25, 0.3) is 27.4 Å². The van der Waals surface area contributed by atoms with Crippen LogP contribution in [-0.2, 0) is 4.79 Å². The Bertz CT molecular complexity index is 1520. The van der Waals surface area contributed by atoms with Crippen LogP contribution in [0.5, 0.6) is 0 Å². The zero-order valence-corrected chi connectivity index (χ0v) is 20.3. The SMILES string of the molecule is N#Cc1ccc(C(=C(c2ccc(C=CC(=O)O)cc2)c2ccc3scnc3c2)C2CCC2)c(Cl)c1. The molecule has 1 aliphatic carbocycles. The van der Waals surface area contributed by atoms with Crippen molar-refractivity contribution in [3.63, 3.8) is 0 Å². The van der Waals surface area contributed by atoms with E-state index in [1.54, 1.807) is 23.5 Å². The van der Waals surface area contributed by atoms with E-state index in [1.807, 2.05) is 41.9 Å². The highest BCUT2D eigenvalue weighted by Crippen LogP contribution is 2.47. The van der Waals surface area contributed by atoms with Gasteiger partial charge in [0.2, 0.25) is 0 Å². The van der Waals surface area contributed by atoms with Gasteiger partial charge in [-0.25, -0.2) is 9.78 Å². The molecule has 1 saturated carbocycles. The normalized spacial score (nSPS) is 14.5. The molecular weight excluding hydrogens is 476 g/mol. The first-order valence-corrected chi connectivity index (χ1v) is 12.6. The van der Waals surface area contributed by atoms with E-state index in [0.717, 1.165) is 57.0 Å².